The average Bonchev–Trinajstić information content (AvgIpc) is 2.67. The molecule has 0 nitrogen and oxygen atoms in total. The molecule has 138 valence electrons. The summed E-state index contributed by atoms with van der Waals surface area (Å²) in [7, 11) is 0. The van der Waals surface area contributed by atoms with Crippen molar-refractivity contribution in [1.29, 1.82) is 0 Å². The van der Waals surface area contributed by atoms with Crippen LogP contribution in [-0.4, -0.2) is 18.4 Å². The molecule has 2 aromatic rings. The van der Waals surface area contributed by atoms with E-state index in [9.17, 15) is 0 Å². The van der Waals surface area contributed by atoms with E-state index in [0.29, 0.717) is 0 Å². The third-order valence-electron chi connectivity index (χ3n) is 6.28. The van der Waals surface area contributed by atoms with Crippen molar-refractivity contribution in [1.82, 2.24) is 0 Å². The Morgan fingerprint density at radius 2 is 1.24 bits per heavy atom. The molecule has 0 radical (unpaired) electrons. The van der Waals surface area contributed by atoms with Crippen LogP contribution in [0.3, 0.4) is 0 Å². The monoisotopic (exact) mass is 446 g/mol. The Morgan fingerprint density at radius 1 is 0.720 bits per heavy atom. The normalized spacial score (nSPS) is 13.3. The fourth-order valence-electron chi connectivity index (χ4n) is 4.44. The van der Waals surface area contributed by atoms with Crippen LogP contribution < -0.4 is 0 Å². The number of benzene rings is 2. The predicted molar refractivity (Wildman–Crippen MR) is 117 cm³/mol. The average molecular weight is 445 g/mol. The molecule has 0 aromatic heterocycles. The SMILES string of the molecule is CCC[CH2][Sn]([CH2]CCC)([CH2]CCC)[CH](C)c1ccc2ccccc2c1. The molecule has 1 unspecified atom stereocenters. The number of hydrogen-bond donors (Lipinski definition) is 0. The van der Waals surface area contributed by atoms with Crippen LogP contribution in [0.15, 0.2) is 42.5 Å². The van der Waals surface area contributed by atoms with Crippen LogP contribution in [0, 0.1) is 0 Å². The maximum atomic E-state index is 2.60. The van der Waals surface area contributed by atoms with E-state index >= 15 is 0 Å². The summed E-state index contributed by atoms with van der Waals surface area (Å²) >= 11 is -2.19. The van der Waals surface area contributed by atoms with Gasteiger partial charge in [-0.3, -0.25) is 0 Å². The van der Waals surface area contributed by atoms with Gasteiger partial charge >= 0.3 is 161 Å². The van der Waals surface area contributed by atoms with Gasteiger partial charge in [-0.15, -0.1) is 0 Å². The topological polar surface area (TPSA) is 0 Å². The van der Waals surface area contributed by atoms with Gasteiger partial charge in [0.2, 0.25) is 0 Å². The second kappa shape index (κ2) is 10.6. The standard InChI is InChI=1S/C12H11.3C4H9.Sn/c1-2-10-7-8-11-5-3-4-6-12(11)9-10;3*1-3-4-2;/h2-9H,1H3;3*1,3-4H2,2H3;. The van der Waals surface area contributed by atoms with E-state index in [-0.39, 0.29) is 0 Å². The van der Waals surface area contributed by atoms with Crippen LogP contribution in [-0.2, 0) is 0 Å². The van der Waals surface area contributed by atoms with Crippen molar-refractivity contribution < 1.29 is 0 Å². The maximum absolute atomic E-state index is 2.60. The van der Waals surface area contributed by atoms with E-state index in [4.69, 9.17) is 0 Å². The van der Waals surface area contributed by atoms with Crippen molar-refractivity contribution in [2.45, 2.75) is 83.5 Å². The number of fused-ring (bicyclic) bond motifs is 1. The van der Waals surface area contributed by atoms with E-state index in [1.165, 1.54) is 49.3 Å². The van der Waals surface area contributed by atoms with Gasteiger partial charge in [-0.1, -0.05) is 0 Å². The predicted octanol–water partition coefficient (Wildman–Crippen LogP) is 8.33. The van der Waals surface area contributed by atoms with Crippen LogP contribution in [0.5, 0.6) is 0 Å². The summed E-state index contributed by atoms with van der Waals surface area (Å²) in [5.74, 6) is 0. The Balaban J connectivity index is 2.36. The molecule has 0 heterocycles. The van der Waals surface area contributed by atoms with Gasteiger partial charge in [-0.05, 0) is 0 Å². The summed E-state index contributed by atoms with van der Waals surface area (Å²) < 4.78 is 5.64. The number of unbranched alkanes of at least 4 members (excludes halogenated alkanes) is 3. The Labute approximate surface area is 160 Å². The second-order valence-electron chi connectivity index (χ2n) is 8.00. The van der Waals surface area contributed by atoms with E-state index in [1.807, 2.05) is 0 Å². The zero-order chi connectivity index (χ0) is 18.1. The minimum atomic E-state index is -2.19. The molecule has 25 heavy (non-hydrogen) atoms. The Kier molecular flexibility index (Phi) is 8.82. The summed E-state index contributed by atoms with van der Waals surface area (Å²) in [4.78, 5) is 0. The molecule has 0 aliphatic heterocycles. The van der Waals surface area contributed by atoms with Crippen LogP contribution >= 0.6 is 0 Å². The molecule has 0 saturated carbocycles. The van der Waals surface area contributed by atoms with E-state index < -0.39 is 18.4 Å². The molecule has 0 N–H and O–H groups in total. The molecule has 0 amide bonds. The van der Waals surface area contributed by atoms with Gasteiger partial charge in [0, 0.05) is 0 Å². The molecule has 0 fully saturated rings. The first-order chi connectivity index (χ1) is 12.2. The van der Waals surface area contributed by atoms with Crippen molar-refractivity contribution in [3.63, 3.8) is 0 Å². The Hall–Kier alpha value is -0.501. The van der Waals surface area contributed by atoms with Crippen LogP contribution in [0.1, 0.15) is 75.7 Å². The Bertz CT molecular complexity index is 609. The van der Waals surface area contributed by atoms with Crippen molar-refractivity contribution in [3.8, 4) is 0 Å². The van der Waals surface area contributed by atoms with Crippen molar-refractivity contribution >= 4 is 29.1 Å². The van der Waals surface area contributed by atoms with Crippen molar-refractivity contribution in [3.05, 3.63) is 48.0 Å². The third-order valence-corrected chi connectivity index (χ3v) is 24.0. The molecule has 1 atom stereocenters. The van der Waals surface area contributed by atoms with Gasteiger partial charge in [0.1, 0.15) is 0 Å². The number of hydrogen-bond acceptors (Lipinski definition) is 0. The molecule has 2 rings (SSSR count). The summed E-state index contributed by atoms with van der Waals surface area (Å²) in [6.07, 6.45) is 8.47. The van der Waals surface area contributed by atoms with Crippen molar-refractivity contribution in [2.75, 3.05) is 0 Å². The van der Waals surface area contributed by atoms with Gasteiger partial charge in [-0.2, -0.15) is 0 Å². The molecule has 0 aliphatic carbocycles. The Morgan fingerprint density at radius 3 is 1.76 bits per heavy atom. The first-order valence-electron chi connectivity index (χ1n) is 10.7. The fraction of sp³-hybridized carbons (Fsp3) is 0.583. The molecule has 0 bridgehead atoms. The summed E-state index contributed by atoms with van der Waals surface area (Å²) in [5.41, 5.74) is 1.64. The van der Waals surface area contributed by atoms with E-state index in [2.05, 4.69) is 70.2 Å². The van der Waals surface area contributed by atoms with Gasteiger partial charge in [-0.25, -0.2) is 0 Å². The zero-order valence-corrected chi connectivity index (χ0v) is 19.8. The third kappa shape index (κ3) is 5.48. The van der Waals surface area contributed by atoms with Crippen LogP contribution in [0.2, 0.25) is 13.3 Å². The van der Waals surface area contributed by atoms with E-state index in [0.717, 1.165) is 3.93 Å². The summed E-state index contributed by atoms with van der Waals surface area (Å²) in [6, 6.07) is 16.2. The van der Waals surface area contributed by atoms with Gasteiger partial charge in [0.25, 0.3) is 0 Å². The molecule has 1 heteroatoms. The molecule has 0 aliphatic rings. The van der Waals surface area contributed by atoms with Gasteiger partial charge < -0.3 is 0 Å². The zero-order valence-electron chi connectivity index (χ0n) is 17.0. The van der Waals surface area contributed by atoms with E-state index in [1.54, 1.807) is 18.9 Å². The molecule has 0 spiro atoms. The number of rotatable bonds is 11. The van der Waals surface area contributed by atoms with Gasteiger partial charge in [0.05, 0.1) is 0 Å². The fourth-order valence-corrected chi connectivity index (χ4v) is 21.9. The van der Waals surface area contributed by atoms with Gasteiger partial charge in [0.15, 0.2) is 0 Å². The first-order valence-corrected chi connectivity index (χ1v) is 18.4. The van der Waals surface area contributed by atoms with Crippen molar-refractivity contribution in [2.24, 2.45) is 0 Å². The molecule has 2 aromatic carbocycles. The quantitative estimate of drug-likeness (QED) is 0.305. The second-order valence-corrected chi connectivity index (χ2v) is 22.5. The summed E-state index contributed by atoms with van der Waals surface area (Å²) in [5, 5.41) is 2.81. The van der Waals surface area contributed by atoms with Crippen LogP contribution in [0.25, 0.3) is 10.8 Å². The molecule has 0 saturated heterocycles. The first kappa shape index (κ1) is 20.8. The summed E-state index contributed by atoms with van der Waals surface area (Å²) in [6.45, 7) is 9.71. The van der Waals surface area contributed by atoms with Crippen LogP contribution in [0.4, 0.5) is 0 Å². The minimum absolute atomic E-state index is 0.851. The molecular weight excluding hydrogens is 407 g/mol. The molecular formula is C24H38Sn.